The van der Waals surface area contributed by atoms with Crippen molar-refractivity contribution in [3.63, 3.8) is 0 Å². The van der Waals surface area contributed by atoms with Crippen LogP contribution >= 0.6 is 11.6 Å². The molecule has 1 aromatic carbocycles. The second-order valence-corrected chi connectivity index (χ2v) is 4.02. The molecule has 0 aliphatic rings. The predicted molar refractivity (Wildman–Crippen MR) is 62.1 cm³/mol. The number of aliphatic hydroxyl groups is 1. The highest BCUT2D eigenvalue weighted by atomic mass is 35.5. The van der Waals surface area contributed by atoms with Crippen LogP contribution in [0.1, 0.15) is 17.4 Å². The van der Waals surface area contributed by atoms with Crippen LogP contribution in [-0.4, -0.2) is 15.1 Å². The average Bonchev–Trinajstić information content (AvgIpc) is 2.35. The van der Waals surface area contributed by atoms with E-state index in [4.69, 9.17) is 11.6 Å². The normalized spacial score (nSPS) is 12.4. The van der Waals surface area contributed by atoms with Gasteiger partial charge in [-0.2, -0.15) is 0 Å². The molecule has 0 radical (unpaired) electrons. The second kappa shape index (κ2) is 5.21. The molecule has 88 valence electrons. The lowest BCUT2D eigenvalue weighted by Gasteiger charge is -2.10. The summed E-state index contributed by atoms with van der Waals surface area (Å²) in [5.41, 5.74) is 0.766. The summed E-state index contributed by atoms with van der Waals surface area (Å²) in [6, 6.07) is 4.24. The number of aliphatic hydroxyl groups excluding tert-OH is 1. The summed E-state index contributed by atoms with van der Waals surface area (Å²) in [4.78, 5) is 7.80. The van der Waals surface area contributed by atoms with Crippen LogP contribution in [-0.2, 0) is 6.42 Å². The first-order valence-electron chi connectivity index (χ1n) is 5.04. The molecule has 17 heavy (non-hydrogen) atoms. The minimum atomic E-state index is -0.892. The Bertz CT molecular complexity index is 507. The SMILES string of the molecule is OC(Cc1cc(Cl)ccc1F)c1cnccn1. The summed E-state index contributed by atoms with van der Waals surface area (Å²) in [5, 5.41) is 10.3. The summed E-state index contributed by atoms with van der Waals surface area (Å²) in [5.74, 6) is -0.391. The molecule has 0 amide bonds. The maximum atomic E-state index is 13.4. The fourth-order valence-electron chi connectivity index (χ4n) is 1.50. The van der Waals surface area contributed by atoms with Crippen LogP contribution in [0.4, 0.5) is 4.39 Å². The molecule has 0 saturated carbocycles. The highest BCUT2D eigenvalue weighted by Crippen LogP contribution is 2.21. The molecule has 1 atom stereocenters. The predicted octanol–water partition coefficient (Wildman–Crippen LogP) is 2.55. The molecule has 5 heteroatoms. The van der Waals surface area contributed by atoms with Gasteiger partial charge in [-0.15, -0.1) is 0 Å². The van der Waals surface area contributed by atoms with Gasteiger partial charge in [-0.05, 0) is 23.8 Å². The largest absolute Gasteiger partial charge is 0.386 e. The van der Waals surface area contributed by atoms with Crippen molar-refractivity contribution >= 4 is 11.6 Å². The second-order valence-electron chi connectivity index (χ2n) is 3.59. The van der Waals surface area contributed by atoms with Crippen molar-refractivity contribution < 1.29 is 9.50 Å². The van der Waals surface area contributed by atoms with E-state index in [0.29, 0.717) is 16.3 Å². The third-order valence-electron chi connectivity index (χ3n) is 2.35. The molecular formula is C12H10ClFN2O. The third kappa shape index (κ3) is 2.99. The molecule has 1 aromatic heterocycles. The number of benzene rings is 1. The van der Waals surface area contributed by atoms with Crippen LogP contribution in [0.15, 0.2) is 36.8 Å². The summed E-state index contributed by atoms with van der Waals surface area (Å²) in [7, 11) is 0. The van der Waals surface area contributed by atoms with E-state index in [1.807, 2.05) is 0 Å². The number of hydrogen-bond donors (Lipinski definition) is 1. The lowest BCUT2D eigenvalue weighted by Crippen LogP contribution is -2.05. The van der Waals surface area contributed by atoms with Gasteiger partial charge in [-0.3, -0.25) is 9.97 Å². The van der Waals surface area contributed by atoms with E-state index < -0.39 is 11.9 Å². The number of hydrogen-bond acceptors (Lipinski definition) is 3. The van der Waals surface area contributed by atoms with Gasteiger partial charge in [0.2, 0.25) is 0 Å². The molecule has 2 rings (SSSR count). The van der Waals surface area contributed by atoms with E-state index in [1.54, 1.807) is 0 Å². The topological polar surface area (TPSA) is 46.0 Å². The zero-order chi connectivity index (χ0) is 12.3. The zero-order valence-electron chi connectivity index (χ0n) is 8.85. The van der Waals surface area contributed by atoms with E-state index >= 15 is 0 Å². The molecule has 0 aliphatic heterocycles. The molecule has 3 nitrogen and oxygen atoms in total. The van der Waals surface area contributed by atoms with Crippen LogP contribution in [0.25, 0.3) is 0 Å². The minimum absolute atomic E-state index is 0.116. The molecule has 1 unspecified atom stereocenters. The Kier molecular flexibility index (Phi) is 3.66. The third-order valence-corrected chi connectivity index (χ3v) is 2.58. The van der Waals surface area contributed by atoms with E-state index in [-0.39, 0.29) is 6.42 Å². The quantitative estimate of drug-likeness (QED) is 0.913. The highest BCUT2D eigenvalue weighted by molar-refractivity contribution is 6.30. The van der Waals surface area contributed by atoms with Crippen molar-refractivity contribution in [1.29, 1.82) is 0 Å². The fraction of sp³-hybridized carbons (Fsp3) is 0.167. The maximum Gasteiger partial charge on any atom is 0.126 e. The molecule has 2 aromatic rings. The van der Waals surface area contributed by atoms with Gasteiger partial charge >= 0.3 is 0 Å². The molecule has 0 saturated heterocycles. The number of halogens is 2. The Morgan fingerprint density at radius 3 is 2.88 bits per heavy atom. The molecule has 0 spiro atoms. The van der Waals surface area contributed by atoms with Crippen molar-refractivity contribution in [2.45, 2.75) is 12.5 Å². The van der Waals surface area contributed by atoms with Crippen LogP contribution < -0.4 is 0 Å². The van der Waals surface area contributed by atoms with Gasteiger partial charge in [0.05, 0.1) is 11.9 Å². The Morgan fingerprint density at radius 2 is 2.18 bits per heavy atom. The van der Waals surface area contributed by atoms with Gasteiger partial charge in [-0.25, -0.2) is 4.39 Å². The molecule has 0 aliphatic carbocycles. The number of nitrogens with zero attached hydrogens (tertiary/aromatic N) is 2. The van der Waals surface area contributed by atoms with Crippen LogP contribution in [0, 0.1) is 5.82 Å². The first-order chi connectivity index (χ1) is 8.16. The van der Waals surface area contributed by atoms with E-state index in [1.165, 1.54) is 36.8 Å². The Labute approximate surface area is 103 Å². The van der Waals surface area contributed by atoms with Gasteiger partial charge < -0.3 is 5.11 Å². The van der Waals surface area contributed by atoms with E-state index in [2.05, 4.69) is 9.97 Å². The molecular weight excluding hydrogens is 243 g/mol. The van der Waals surface area contributed by atoms with Gasteiger partial charge in [0.15, 0.2) is 0 Å². The van der Waals surface area contributed by atoms with Crippen molar-refractivity contribution in [3.8, 4) is 0 Å². The summed E-state index contributed by atoms with van der Waals surface area (Å²) < 4.78 is 13.4. The van der Waals surface area contributed by atoms with Crippen molar-refractivity contribution in [3.05, 3.63) is 58.9 Å². The van der Waals surface area contributed by atoms with Crippen LogP contribution in [0.5, 0.6) is 0 Å². The minimum Gasteiger partial charge on any atom is -0.386 e. The van der Waals surface area contributed by atoms with Crippen molar-refractivity contribution in [1.82, 2.24) is 9.97 Å². The number of rotatable bonds is 3. The lowest BCUT2D eigenvalue weighted by atomic mass is 10.1. The summed E-state index contributed by atoms with van der Waals surface area (Å²) in [6.45, 7) is 0. The Balaban J connectivity index is 2.18. The maximum absolute atomic E-state index is 13.4. The monoisotopic (exact) mass is 252 g/mol. The van der Waals surface area contributed by atoms with Gasteiger partial charge in [-0.1, -0.05) is 11.6 Å². The van der Waals surface area contributed by atoms with E-state index in [9.17, 15) is 9.50 Å². The summed E-state index contributed by atoms with van der Waals surface area (Å²) in [6.07, 6.45) is 3.66. The zero-order valence-corrected chi connectivity index (χ0v) is 9.60. The fourth-order valence-corrected chi connectivity index (χ4v) is 1.69. The molecule has 0 fully saturated rings. The molecule has 1 heterocycles. The smallest absolute Gasteiger partial charge is 0.126 e. The summed E-state index contributed by atoms with van der Waals surface area (Å²) >= 11 is 5.77. The van der Waals surface area contributed by atoms with Gasteiger partial charge in [0.25, 0.3) is 0 Å². The number of aromatic nitrogens is 2. The Morgan fingerprint density at radius 1 is 1.35 bits per heavy atom. The Hall–Kier alpha value is -1.52. The van der Waals surface area contributed by atoms with Gasteiger partial charge in [0, 0.05) is 23.8 Å². The first-order valence-corrected chi connectivity index (χ1v) is 5.42. The van der Waals surface area contributed by atoms with Crippen LogP contribution in [0.2, 0.25) is 5.02 Å². The average molecular weight is 253 g/mol. The van der Waals surface area contributed by atoms with Crippen molar-refractivity contribution in [2.24, 2.45) is 0 Å². The highest BCUT2D eigenvalue weighted by Gasteiger charge is 2.13. The van der Waals surface area contributed by atoms with E-state index in [0.717, 1.165) is 0 Å². The molecule has 1 N–H and O–H groups in total. The van der Waals surface area contributed by atoms with Crippen LogP contribution in [0.3, 0.4) is 0 Å². The van der Waals surface area contributed by atoms with Gasteiger partial charge in [0.1, 0.15) is 11.9 Å². The lowest BCUT2D eigenvalue weighted by molar-refractivity contribution is 0.172. The first kappa shape index (κ1) is 12.0. The molecule has 0 bridgehead atoms. The standard InChI is InChI=1S/C12H10ClFN2O/c13-9-1-2-10(14)8(5-9)6-12(17)11-7-15-3-4-16-11/h1-5,7,12,17H,6H2. The van der Waals surface area contributed by atoms with Crippen molar-refractivity contribution in [2.75, 3.05) is 0 Å².